The summed E-state index contributed by atoms with van der Waals surface area (Å²) in [6.45, 7) is 2.83. The van der Waals surface area contributed by atoms with Crippen molar-refractivity contribution in [2.24, 2.45) is 0 Å². The third kappa shape index (κ3) is 5.85. The molecule has 2 aromatic carbocycles. The first-order valence-electron chi connectivity index (χ1n) is 11.6. The Morgan fingerprint density at radius 2 is 1.89 bits per heavy atom. The summed E-state index contributed by atoms with van der Waals surface area (Å²) in [6, 6.07) is 14.2. The van der Waals surface area contributed by atoms with Crippen LogP contribution in [0.5, 0.6) is 5.75 Å². The fourth-order valence-corrected chi connectivity index (χ4v) is 4.41. The van der Waals surface area contributed by atoms with E-state index in [2.05, 4.69) is 21.2 Å². The second-order valence-corrected chi connectivity index (χ2v) is 9.34. The van der Waals surface area contributed by atoms with Crippen molar-refractivity contribution in [2.45, 2.75) is 25.9 Å². The lowest BCUT2D eigenvalue weighted by Gasteiger charge is -2.18. The zero-order valence-corrected chi connectivity index (χ0v) is 21.7. The van der Waals surface area contributed by atoms with E-state index in [1.807, 2.05) is 12.1 Å². The van der Waals surface area contributed by atoms with E-state index in [1.165, 1.54) is 12.0 Å². The van der Waals surface area contributed by atoms with Crippen molar-refractivity contribution >= 4 is 45.5 Å². The molecule has 0 bridgehead atoms. The van der Waals surface area contributed by atoms with Crippen molar-refractivity contribution in [1.82, 2.24) is 5.32 Å². The van der Waals surface area contributed by atoms with Crippen molar-refractivity contribution in [1.29, 1.82) is 0 Å². The summed E-state index contributed by atoms with van der Waals surface area (Å²) >= 11 is 3.39. The second kappa shape index (κ2) is 11.5. The van der Waals surface area contributed by atoms with Crippen LogP contribution in [0.3, 0.4) is 0 Å². The summed E-state index contributed by atoms with van der Waals surface area (Å²) in [5.41, 5.74) is 2.29. The average molecular weight is 555 g/mol. The lowest BCUT2D eigenvalue weighted by Crippen LogP contribution is -2.35. The summed E-state index contributed by atoms with van der Waals surface area (Å²) in [5, 5.41) is 2.81. The van der Waals surface area contributed by atoms with Crippen LogP contribution in [-0.2, 0) is 23.9 Å². The van der Waals surface area contributed by atoms with Gasteiger partial charge in [-0.3, -0.25) is 14.5 Å². The average Bonchev–Trinajstić information content (AvgIpc) is 3.49. The maximum atomic E-state index is 13.4. The molecule has 0 spiro atoms. The lowest BCUT2D eigenvalue weighted by molar-refractivity contribution is -0.136. The number of nitrogens with zero attached hydrogens (tertiary/aromatic N) is 1. The highest BCUT2D eigenvalue weighted by atomic mass is 79.9. The quantitative estimate of drug-likeness (QED) is 0.391. The number of esters is 1. The zero-order chi connectivity index (χ0) is 25.7. The molecule has 2 aliphatic heterocycles. The minimum absolute atomic E-state index is 0.0758. The summed E-state index contributed by atoms with van der Waals surface area (Å²) in [5.74, 6) is -0.609. The van der Waals surface area contributed by atoms with Gasteiger partial charge in [-0.2, -0.15) is 0 Å². The third-order valence-corrected chi connectivity index (χ3v) is 6.51. The van der Waals surface area contributed by atoms with Gasteiger partial charge in [0.05, 0.1) is 24.4 Å². The lowest BCUT2D eigenvalue weighted by atomic mass is 10.0. The van der Waals surface area contributed by atoms with Gasteiger partial charge < -0.3 is 19.5 Å². The van der Waals surface area contributed by atoms with Crippen molar-refractivity contribution < 1.29 is 28.6 Å². The molecule has 4 rings (SSSR count). The van der Waals surface area contributed by atoms with Gasteiger partial charge in [0, 0.05) is 29.0 Å². The number of hydrogen-bond acceptors (Lipinski definition) is 6. The largest absolute Gasteiger partial charge is 0.484 e. The van der Waals surface area contributed by atoms with E-state index in [-0.39, 0.29) is 35.7 Å². The Bertz CT molecular complexity index is 1200. The number of ether oxygens (including phenoxy) is 3. The van der Waals surface area contributed by atoms with E-state index in [9.17, 15) is 14.4 Å². The molecule has 188 valence electrons. The van der Waals surface area contributed by atoms with Crippen LogP contribution < -0.4 is 15.0 Å². The van der Waals surface area contributed by atoms with Crippen molar-refractivity contribution in [3.63, 3.8) is 0 Å². The summed E-state index contributed by atoms with van der Waals surface area (Å²) in [6.07, 6.45) is 3.69. The van der Waals surface area contributed by atoms with E-state index >= 15 is 0 Å². The first-order chi connectivity index (χ1) is 17.4. The second-order valence-electron chi connectivity index (χ2n) is 8.42. The highest BCUT2D eigenvalue weighted by Crippen LogP contribution is 2.36. The van der Waals surface area contributed by atoms with Gasteiger partial charge in [0.1, 0.15) is 5.75 Å². The van der Waals surface area contributed by atoms with Crippen LogP contribution in [-0.4, -0.2) is 50.8 Å². The Hall–Kier alpha value is -3.43. The molecule has 2 aromatic rings. The first-order valence-corrected chi connectivity index (χ1v) is 12.4. The maximum absolute atomic E-state index is 13.4. The van der Waals surface area contributed by atoms with E-state index < -0.39 is 5.97 Å². The number of rotatable bonds is 8. The topological polar surface area (TPSA) is 94.2 Å². The van der Waals surface area contributed by atoms with Crippen molar-refractivity contribution in [3.8, 4) is 5.75 Å². The standard InChI is InChI=1S/C27H27BrN2O6/c1-17-25(27(33)34-2)23(26(32)30(17)20-9-7-19(28)8-10-20)14-18-5-11-21(12-6-18)36-16-24(31)29-15-22-4-3-13-35-22/h5-12,14,22H,3-4,13,15-16H2,1-2H3,(H,29,31)/b23-14-/t22-/m0/s1. The molecule has 8 nitrogen and oxygen atoms in total. The molecule has 0 aromatic heterocycles. The number of allylic oxidation sites excluding steroid dienone is 1. The predicted molar refractivity (Wildman–Crippen MR) is 138 cm³/mol. The molecule has 1 N–H and O–H groups in total. The minimum atomic E-state index is -0.583. The van der Waals surface area contributed by atoms with Gasteiger partial charge in [-0.1, -0.05) is 28.1 Å². The Labute approximate surface area is 218 Å². The van der Waals surface area contributed by atoms with Gasteiger partial charge in [0.25, 0.3) is 11.8 Å². The Balaban J connectivity index is 1.46. The number of carbonyl (C=O) groups excluding carboxylic acids is 3. The SMILES string of the molecule is COC(=O)C1=C(C)N(c2ccc(Br)cc2)C(=O)/C1=C\c1ccc(OCC(=O)NC[C@@H]2CCCO2)cc1. The van der Waals surface area contributed by atoms with E-state index in [0.29, 0.717) is 29.2 Å². The molecule has 0 saturated carbocycles. The Morgan fingerprint density at radius 3 is 2.53 bits per heavy atom. The molecule has 9 heteroatoms. The van der Waals surface area contributed by atoms with Gasteiger partial charge in [-0.25, -0.2) is 4.79 Å². The smallest absolute Gasteiger partial charge is 0.340 e. The number of methoxy groups -OCH3 is 1. The fraction of sp³-hybridized carbons (Fsp3) is 0.296. The number of carbonyl (C=O) groups is 3. The van der Waals surface area contributed by atoms with Crippen molar-refractivity contribution in [2.75, 3.05) is 31.8 Å². The monoisotopic (exact) mass is 554 g/mol. The minimum Gasteiger partial charge on any atom is -0.484 e. The van der Waals surface area contributed by atoms with Gasteiger partial charge in [0.15, 0.2) is 6.61 Å². The van der Waals surface area contributed by atoms with E-state index in [1.54, 1.807) is 49.4 Å². The predicted octanol–water partition coefficient (Wildman–Crippen LogP) is 4.00. The number of benzene rings is 2. The molecule has 2 heterocycles. The molecule has 1 saturated heterocycles. The number of amides is 2. The first kappa shape index (κ1) is 25.7. The normalized spacial score (nSPS) is 18.6. The molecular formula is C27H27BrN2O6. The molecule has 0 unspecified atom stereocenters. The van der Waals surface area contributed by atoms with E-state index in [0.717, 1.165) is 23.9 Å². The van der Waals surface area contributed by atoms with Gasteiger partial charge in [0.2, 0.25) is 0 Å². The molecule has 0 aliphatic carbocycles. The summed E-state index contributed by atoms with van der Waals surface area (Å²) in [4.78, 5) is 39.5. The molecule has 2 amide bonds. The summed E-state index contributed by atoms with van der Waals surface area (Å²) in [7, 11) is 1.29. The number of hydrogen-bond donors (Lipinski definition) is 1. The Kier molecular flexibility index (Phi) is 8.22. The van der Waals surface area contributed by atoms with Crippen LogP contribution in [0.1, 0.15) is 25.3 Å². The van der Waals surface area contributed by atoms with Gasteiger partial charge in [-0.15, -0.1) is 0 Å². The Morgan fingerprint density at radius 1 is 1.17 bits per heavy atom. The molecule has 1 atom stereocenters. The molecule has 1 fully saturated rings. The van der Waals surface area contributed by atoms with Crippen LogP contribution in [0.15, 0.2) is 69.8 Å². The molecule has 2 aliphatic rings. The number of nitrogens with one attached hydrogen (secondary N) is 1. The van der Waals surface area contributed by atoms with Gasteiger partial charge >= 0.3 is 5.97 Å². The third-order valence-electron chi connectivity index (χ3n) is 5.99. The maximum Gasteiger partial charge on any atom is 0.340 e. The van der Waals surface area contributed by atoms with Crippen LogP contribution in [0, 0.1) is 0 Å². The highest BCUT2D eigenvalue weighted by molar-refractivity contribution is 9.10. The fourth-order valence-electron chi connectivity index (χ4n) is 4.14. The zero-order valence-electron chi connectivity index (χ0n) is 20.1. The number of anilines is 1. The van der Waals surface area contributed by atoms with Crippen LogP contribution in [0.25, 0.3) is 6.08 Å². The highest BCUT2D eigenvalue weighted by Gasteiger charge is 2.37. The van der Waals surface area contributed by atoms with Crippen LogP contribution in [0.4, 0.5) is 5.69 Å². The van der Waals surface area contributed by atoms with E-state index in [4.69, 9.17) is 14.2 Å². The molecule has 36 heavy (non-hydrogen) atoms. The summed E-state index contributed by atoms with van der Waals surface area (Å²) < 4.78 is 16.9. The molecular weight excluding hydrogens is 528 g/mol. The van der Waals surface area contributed by atoms with Gasteiger partial charge in [-0.05, 0) is 67.8 Å². The van der Waals surface area contributed by atoms with Crippen LogP contribution in [0.2, 0.25) is 0 Å². The molecule has 0 radical (unpaired) electrons. The van der Waals surface area contributed by atoms with Crippen molar-refractivity contribution in [3.05, 3.63) is 75.4 Å². The van der Waals surface area contributed by atoms with Crippen LogP contribution >= 0.6 is 15.9 Å². The number of halogens is 1.